The first kappa shape index (κ1) is 21.4. The minimum Gasteiger partial charge on any atom is -0.383 e. The largest absolute Gasteiger partial charge is 0.383 e. The van der Waals surface area contributed by atoms with Crippen molar-refractivity contribution in [2.45, 2.75) is 12.6 Å². The quantitative estimate of drug-likeness (QED) is 0.809. The topological polar surface area (TPSA) is 76.5 Å². The number of carbonyl (C=O) groups excluding carboxylic acids is 1. The number of methoxy groups -OCH3 is 1. The van der Waals surface area contributed by atoms with Crippen molar-refractivity contribution in [1.82, 2.24) is 20.0 Å². The number of nitrogens with zero attached hydrogens (tertiary/aromatic N) is 3. The van der Waals surface area contributed by atoms with Crippen molar-refractivity contribution in [1.29, 1.82) is 0 Å². The summed E-state index contributed by atoms with van der Waals surface area (Å²) >= 11 is 6.11. The van der Waals surface area contributed by atoms with Gasteiger partial charge in [0, 0.05) is 37.8 Å². The number of piperazine rings is 1. The summed E-state index contributed by atoms with van der Waals surface area (Å²) in [6.07, 6.45) is 0. The van der Waals surface area contributed by atoms with Gasteiger partial charge in [0.25, 0.3) is 11.5 Å². The third-order valence-electron chi connectivity index (χ3n) is 4.33. The fourth-order valence-corrected chi connectivity index (χ4v) is 3.21. The van der Waals surface area contributed by atoms with Crippen molar-refractivity contribution in [2.75, 3.05) is 33.4 Å². The number of carbonyl (C=O) groups is 1. The van der Waals surface area contributed by atoms with Crippen LogP contribution in [0.5, 0.6) is 0 Å². The van der Waals surface area contributed by atoms with Crippen molar-refractivity contribution < 1.29 is 9.53 Å². The standard InChI is InChI=1S/C18H21ClN4O3.ClH/c1-26-10-9-23-17(24)6-5-15(21-23)18(25)22-8-7-20-12-16(22)13-3-2-4-14(19)11-13;/h2-6,11,16,20H,7-10,12H2,1H3;1H. The van der Waals surface area contributed by atoms with E-state index in [-0.39, 0.29) is 35.6 Å². The zero-order valence-electron chi connectivity index (χ0n) is 14.9. The highest BCUT2D eigenvalue weighted by atomic mass is 35.5. The number of hydrogen-bond donors (Lipinski definition) is 1. The van der Waals surface area contributed by atoms with Crippen molar-refractivity contribution >= 4 is 29.9 Å². The monoisotopic (exact) mass is 412 g/mol. The van der Waals surface area contributed by atoms with Gasteiger partial charge in [0.15, 0.2) is 0 Å². The lowest BCUT2D eigenvalue weighted by atomic mass is 10.0. The molecule has 1 atom stereocenters. The summed E-state index contributed by atoms with van der Waals surface area (Å²) in [6, 6.07) is 10.2. The normalized spacial score (nSPS) is 16.7. The van der Waals surface area contributed by atoms with E-state index in [1.54, 1.807) is 18.1 Å². The molecule has 0 radical (unpaired) electrons. The van der Waals surface area contributed by atoms with Gasteiger partial charge < -0.3 is 15.0 Å². The SMILES string of the molecule is COCCn1nc(C(=O)N2CCNCC2c2cccc(Cl)c2)ccc1=O.Cl. The maximum Gasteiger partial charge on any atom is 0.274 e. The number of ether oxygens (including phenoxy) is 1. The summed E-state index contributed by atoms with van der Waals surface area (Å²) in [5.41, 5.74) is 0.950. The number of nitrogens with one attached hydrogen (secondary N) is 1. The van der Waals surface area contributed by atoms with E-state index < -0.39 is 0 Å². The minimum absolute atomic E-state index is 0. The molecule has 1 aromatic carbocycles. The molecular formula is C18H22Cl2N4O3. The smallest absolute Gasteiger partial charge is 0.274 e. The molecule has 0 bridgehead atoms. The van der Waals surface area contributed by atoms with Crippen LogP contribution in [-0.4, -0.2) is 53.9 Å². The third-order valence-corrected chi connectivity index (χ3v) is 4.57. The van der Waals surface area contributed by atoms with Crippen LogP contribution in [0.4, 0.5) is 0 Å². The van der Waals surface area contributed by atoms with E-state index in [9.17, 15) is 9.59 Å². The maximum atomic E-state index is 13.1. The van der Waals surface area contributed by atoms with Gasteiger partial charge >= 0.3 is 0 Å². The lowest BCUT2D eigenvalue weighted by Gasteiger charge is -2.36. The van der Waals surface area contributed by atoms with Gasteiger partial charge in [-0.2, -0.15) is 5.10 Å². The molecule has 1 amide bonds. The van der Waals surface area contributed by atoms with E-state index in [0.717, 1.165) is 5.56 Å². The van der Waals surface area contributed by atoms with Crippen LogP contribution < -0.4 is 10.9 Å². The molecule has 1 saturated heterocycles. The predicted molar refractivity (Wildman–Crippen MR) is 106 cm³/mol. The Bertz CT molecular complexity index is 843. The van der Waals surface area contributed by atoms with E-state index in [1.165, 1.54) is 16.8 Å². The van der Waals surface area contributed by atoms with Crippen LogP contribution in [0.3, 0.4) is 0 Å². The Hall–Kier alpha value is -1.93. The van der Waals surface area contributed by atoms with E-state index in [1.807, 2.05) is 18.2 Å². The molecule has 1 unspecified atom stereocenters. The van der Waals surface area contributed by atoms with Gasteiger partial charge in [-0.05, 0) is 23.8 Å². The Balaban J connectivity index is 0.00000261. The molecule has 0 saturated carbocycles. The molecule has 27 heavy (non-hydrogen) atoms. The van der Waals surface area contributed by atoms with Crippen LogP contribution in [0.2, 0.25) is 5.02 Å². The van der Waals surface area contributed by atoms with Crippen LogP contribution in [0.15, 0.2) is 41.2 Å². The van der Waals surface area contributed by atoms with E-state index in [2.05, 4.69) is 10.4 Å². The first-order valence-electron chi connectivity index (χ1n) is 8.44. The second kappa shape index (κ2) is 9.85. The number of benzene rings is 1. The van der Waals surface area contributed by atoms with E-state index >= 15 is 0 Å². The lowest BCUT2D eigenvalue weighted by molar-refractivity contribution is 0.0624. The summed E-state index contributed by atoms with van der Waals surface area (Å²) in [5.74, 6) is -0.206. The molecule has 1 N–H and O–H groups in total. The summed E-state index contributed by atoms with van der Waals surface area (Å²) in [6.45, 7) is 2.54. The Morgan fingerprint density at radius 1 is 1.37 bits per heavy atom. The Labute approximate surface area is 168 Å². The number of halogens is 2. The Morgan fingerprint density at radius 3 is 2.93 bits per heavy atom. The molecule has 1 aliphatic rings. The molecule has 1 fully saturated rings. The lowest BCUT2D eigenvalue weighted by Crippen LogP contribution is -2.49. The molecule has 2 aromatic rings. The predicted octanol–water partition coefficient (Wildman–Crippen LogP) is 1.75. The Kier molecular flexibility index (Phi) is 7.79. The molecule has 1 aliphatic heterocycles. The van der Waals surface area contributed by atoms with Gasteiger partial charge in [0.05, 0.1) is 19.2 Å². The maximum absolute atomic E-state index is 13.1. The average Bonchev–Trinajstić information content (AvgIpc) is 2.67. The van der Waals surface area contributed by atoms with Gasteiger partial charge in [-0.25, -0.2) is 4.68 Å². The highest BCUT2D eigenvalue weighted by Gasteiger charge is 2.29. The number of rotatable bonds is 5. The van der Waals surface area contributed by atoms with Crippen molar-refractivity contribution in [3.8, 4) is 0 Å². The molecule has 146 valence electrons. The van der Waals surface area contributed by atoms with Crippen molar-refractivity contribution in [2.24, 2.45) is 0 Å². The highest BCUT2D eigenvalue weighted by Crippen LogP contribution is 2.25. The van der Waals surface area contributed by atoms with Gasteiger partial charge in [0.2, 0.25) is 0 Å². The minimum atomic E-state index is -0.259. The number of aromatic nitrogens is 2. The van der Waals surface area contributed by atoms with Crippen LogP contribution in [0.25, 0.3) is 0 Å². The summed E-state index contributed by atoms with van der Waals surface area (Å²) in [5, 5.41) is 8.16. The number of amides is 1. The fraction of sp³-hybridized carbons (Fsp3) is 0.389. The van der Waals surface area contributed by atoms with E-state index in [4.69, 9.17) is 16.3 Å². The summed E-state index contributed by atoms with van der Waals surface area (Å²) in [4.78, 5) is 26.7. The Morgan fingerprint density at radius 2 is 2.19 bits per heavy atom. The first-order valence-corrected chi connectivity index (χ1v) is 8.82. The van der Waals surface area contributed by atoms with Gasteiger partial charge in [-0.3, -0.25) is 9.59 Å². The van der Waals surface area contributed by atoms with Crippen LogP contribution >= 0.6 is 24.0 Å². The molecule has 2 heterocycles. The second-order valence-corrected chi connectivity index (χ2v) is 6.48. The van der Waals surface area contributed by atoms with Gasteiger partial charge in [0.1, 0.15) is 5.69 Å². The van der Waals surface area contributed by atoms with Crippen LogP contribution in [0, 0.1) is 0 Å². The second-order valence-electron chi connectivity index (χ2n) is 6.05. The zero-order valence-corrected chi connectivity index (χ0v) is 16.5. The molecule has 3 rings (SSSR count). The molecule has 7 nitrogen and oxygen atoms in total. The number of hydrogen-bond acceptors (Lipinski definition) is 5. The third kappa shape index (κ3) is 5.07. The highest BCUT2D eigenvalue weighted by molar-refractivity contribution is 6.30. The van der Waals surface area contributed by atoms with Crippen LogP contribution in [-0.2, 0) is 11.3 Å². The molecule has 9 heteroatoms. The first-order chi connectivity index (χ1) is 12.6. The molecule has 0 spiro atoms. The van der Waals surface area contributed by atoms with Gasteiger partial charge in [-0.1, -0.05) is 23.7 Å². The summed E-state index contributed by atoms with van der Waals surface area (Å²) in [7, 11) is 1.55. The van der Waals surface area contributed by atoms with Crippen molar-refractivity contribution in [3.63, 3.8) is 0 Å². The average molecular weight is 413 g/mol. The molecule has 0 aliphatic carbocycles. The fourth-order valence-electron chi connectivity index (χ4n) is 3.01. The van der Waals surface area contributed by atoms with Gasteiger partial charge in [-0.15, -0.1) is 12.4 Å². The zero-order chi connectivity index (χ0) is 18.5. The van der Waals surface area contributed by atoms with Crippen molar-refractivity contribution in [3.05, 3.63) is 63.0 Å². The van der Waals surface area contributed by atoms with Crippen LogP contribution in [0.1, 0.15) is 22.1 Å². The summed E-state index contributed by atoms with van der Waals surface area (Å²) < 4.78 is 6.24. The van der Waals surface area contributed by atoms with E-state index in [0.29, 0.717) is 37.8 Å². The molecular weight excluding hydrogens is 391 g/mol. The molecule has 1 aromatic heterocycles.